The second kappa shape index (κ2) is 7.74. The first-order valence-corrected chi connectivity index (χ1v) is 11.9. The van der Waals surface area contributed by atoms with Crippen LogP contribution < -0.4 is 5.56 Å². The number of pyridine rings is 1. The Bertz CT molecular complexity index is 1390. The lowest BCUT2D eigenvalue weighted by atomic mass is 9.81. The van der Waals surface area contributed by atoms with E-state index in [0.717, 1.165) is 32.6 Å². The number of rotatable bonds is 3. The van der Waals surface area contributed by atoms with E-state index in [-0.39, 0.29) is 5.56 Å². The summed E-state index contributed by atoms with van der Waals surface area (Å²) in [6.45, 7) is 3.57. The number of hydrogen-bond acceptors (Lipinski definition) is 4. The number of fused-ring (bicyclic) bond motifs is 5. The Balaban J connectivity index is 1.37. The molecule has 0 aliphatic carbocycles. The summed E-state index contributed by atoms with van der Waals surface area (Å²) in [4.78, 5) is 16.6. The fourth-order valence-corrected chi connectivity index (χ4v) is 6.66. The van der Waals surface area contributed by atoms with Gasteiger partial charge in [-0.15, -0.1) is 11.3 Å². The van der Waals surface area contributed by atoms with Gasteiger partial charge in [-0.3, -0.25) is 9.69 Å². The van der Waals surface area contributed by atoms with Gasteiger partial charge >= 0.3 is 0 Å². The third kappa shape index (κ3) is 3.37. The first-order valence-electron chi connectivity index (χ1n) is 11.1. The summed E-state index contributed by atoms with van der Waals surface area (Å²) in [5.41, 5.74) is 4.43. The van der Waals surface area contributed by atoms with E-state index >= 15 is 0 Å². The van der Waals surface area contributed by atoms with Crippen molar-refractivity contribution in [3.05, 3.63) is 93.9 Å². The highest BCUT2D eigenvalue weighted by Crippen LogP contribution is 2.43. The fraction of sp³-hybridized carbons (Fsp3) is 0.259. The van der Waals surface area contributed by atoms with Crippen LogP contribution >= 0.6 is 11.3 Å². The van der Waals surface area contributed by atoms with Crippen molar-refractivity contribution in [1.82, 2.24) is 9.47 Å². The Morgan fingerprint density at radius 2 is 1.91 bits per heavy atom. The van der Waals surface area contributed by atoms with Crippen molar-refractivity contribution in [2.75, 3.05) is 13.1 Å². The molecule has 4 aromatic rings. The minimum atomic E-state index is 0.120. The van der Waals surface area contributed by atoms with Crippen LogP contribution in [0.15, 0.2) is 71.5 Å². The highest BCUT2D eigenvalue weighted by atomic mass is 32.1. The Morgan fingerprint density at radius 1 is 1.00 bits per heavy atom. The maximum atomic E-state index is 12.8. The minimum absolute atomic E-state index is 0.120. The molecule has 2 aromatic carbocycles. The van der Waals surface area contributed by atoms with Crippen LogP contribution in [0.4, 0.5) is 0 Å². The van der Waals surface area contributed by atoms with Crippen LogP contribution in [-0.2, 0) is 13.1 Å². The normalized spacial score (nSPS) is 20.1. The maximum Gasteiger partial charge on any atom is 0.250 e. The molecule has 2 aromatic heterocycles. The summed E-state index contributed by atoms with van der Waals surface area (Å²) in [5, 5.41) is 10.5. The lowest BCUT2D eigenvalue weighted by Gasteiger charge is -2.43. The van der Waals surface area contributed by atoms with E-state index in [2.05, 4.69) is 47.4 Å². The minimum Gasteiger partial charge on any atom is -0.311 e. The number of thiophene rings is 1. The summed E-state index contributed by atoms with van der Waals surface area (Å²) in [7, 11) is 0. The maximum absolute atomic E-state index is 12.8. The Kier molecular flexibility index (Phi) is 4.71. The zero-order chi connectivity index (χ0) is 21.7. The van der Waals surface area contributed by atoms with Crippen molar-refractivity contribution >= 4 is 21.4 Å². The van der Waals surface area contributed by atoms with Crippen molar-refractivity contribution in [3.8, 4) is 16.5 Å². The van der Waals surface area contributed by atoms with E-state index in [9.17, 15) is 10.1 Å². The quantitative estimate of drug-likeness (QED) is 0.441. The smallest absolute Gasteiger partial charge is 0.250 e. The van der Waals surface area contributed by atoms with E-state index in [0.29, 0.717) is 17.4 Å². The van der Waals surface area contributed by atoms with Crippen LogP contribution in [0.3, 0.4) is 0 Å². The molecule has 2 aliphatic heterocycles. The van der Waals surface area contributed by atoms with E-state index in [4.69, 9.17) is 0 Å². The Morgan fingerprint density at radius 3 is 2.78 bits per heavy atom. The van der Waals surface area contributed by atoms with Crippen molar-refractivity contribution in [3.63, 3.8) is 0 Å². The second-order valence-electron chi connectivity index (χ2n) is 9.03. The van der Waals surface area contributed by atoms with Crippen LogP contribution in [0.25, 0.3) is 20.5 Å². The number of nitrogens with zero attached hydrogens (tertiary/aromatic N) is 3. The topological polar surface area (TPSA) is 49.0 Å². The van der Waals surface area contributed by atoms with Gasteiger partial charge in [-0.05, 0) is 53.6 Å². The van der Waals surface area contributed by atoms with Crippen molar-refractivity contribution in [2.24, 2.45) is 5.92 Å². The SMILES string of the molecule is N#Cc1cccc(CN2CC3CC(C2)c2c(-c4cc5ccccc5s4)ccc(=O)n2C3)c1. The van der Waals surface area contributed by atoms with Crippen LogP contribution in [0.1, 0.15) is 29.2 Å². The number of piperidine rings is 1. The lowest BCUT2D eigenvalue weighted by Crippen LogP contribution is -2.47. The van der Waals surface area contributed by atoms with Gasteiger partial charge in [0.25, 0.3) is 5.56 Å². The molecule has 2 aliphatic rings. The largest absolute Gasteiger partial charge is 0.311 e. The zero-order valence-electron chi connectivity index (χ0n) is 17.7. The molecule has 32 heavy (non-hydrogen) atoms. The molecule has 4 heterocycles. The lowest BCUT2D eigenvalue weighted by molar-refractivity contribution is 0.115. The van der Waals surface area contributed by atoms with Gasteiger partial charge in [-0.25, -0.2) is 0 Å². The molecule has 0 radical (unpaired) electrons. The molecule has 0 amide bonds. The number of nitriles is 1. The third-order valence-corrected chi connectivity index (χ3v) is 7.97. The van der Waals surface area contributed by atoms with Gasteiger partial charge in [-0.1, -0.05) is 30.3 Å². The van der Waals surface area contributed by atoms with Crippen LogP contribution in [0, 0.1) is 17.2 Å². The molecule has 5 heteroatoms. The molecular weight excluding hydrogens is 414 g/mol. The highest BCUT2D eigenvalue weighted by Gasteiger charge is 2.36. The molecule has 1 saturated heterocycles. The van der Waals surface area contributed by atoms with Gasteiger partial charge in [0.1, 0.15) is 0 Å². The fourth-order valence-electron chi connectivity index (χ4n) is 5.56. The molecule has 1 fully saturated rings. The molecule has 0 spiro atoms. The van der Waals surface area contributed by atoms with Gasteiger partial charge in [0.05, 0.1) is 11.6 Å². The van der Waals surface area contributed by atoms with Gasteiger partial charge in [0.2, 0.25) is 0 Å². The average molecular weight is 438 g/mol. The molecule has 6 rings (SSSR count). The third-order valence-electron chi connectivity index (χ3n) is 6.82. The van der Waals surface area contributed by atoms with E-state index in [1.54, 1.807) is 6.07 Å². The highest BCUT2D eigenvalue weighted by molar-refractivity contribution is 7.22. The van der Waals surface area contributed by atoms with Crippen LogP contribution in [-0.4, -0.2) is 22.6 Å². The summed E-state index contributed by atoms with van der Waals surface area (Å²) in [6, 6.07) is 24.7. The van der Waals surface area contributed by atoms with E-state index in [1.807, 2.05) is 40.2 Å². The summed E-state index contributed by atoms with van der Waals surface area (Å²) < 4.78 is 3.33. The zero-order valence-corrected chi connectivity index (χ0v) is 18.5. The first-order chi connectivity index (χ1) is 15.7. The summed E-state index contributed by atoms with van der Waals surface area (Å²) >= 11 is 1.81. The van der Waals surface area contributed by atoms with Gasteiger partial charge in [-0.2, -0.15) is 5.26 Å². The van der Waals surface area contributed by atoms with Crippen LogP contribution in [0.5, 0.6) is 0 Å². The van der Waals surface area contributed by atoms with Gasteiger partial charge in [0, 0.05) is 59.0 Å². The predicted octanol–water partition coefficient (Wildman–Crippen LogP) is 5.22. The van der Waals surface area contributed by atoms with Crippen molar-refractivity contribution < 1.29 is 0 Å². The van der Waals surface area contributed by atoms with Crippen molar-refractivity contribution in [1.29, 1.82) is 5.26 Å². The van der Waals surface area contributed by atoms with E-state index in [1.165, 1.54) is 31.8 Å². The Labute approximate surface area is 191 Å². The Hall–Kier alpha value is -3.20. The van der Waals surface area contributed by atoms with Gasteiger partial charge in [0.15, 0.2) is 0 Å². The number of benzene rings is 2. The second-order valence-corrected chi connectivity index (χ2v) is 10.1. The van der Waals surface area contributed by atoms with Gasteiger partial charge < -0.3 is 4.57 Å². The monoisotopic (exact) mass is 437 g/mol. The number of hydrogen-bond donors (Lipinski definition) is 0. The standard InChI is InChI=1S/C27H23N3OS/c28-13-18-4-3-5-19(10-18)14-29-15-20-11-22(17-29)27-23(8-9-26(31)30(27)16-20)25-12-21-6-1-2-7-24(21)32-25/h1-10,12,20,22H,11,14-17H2. The molecule has 2 bridgehead atoms. The van der Waals surface area contributed by atoms with Crippen LogP contribution in [0.2, 0.25) is 0 Å². The summed E-state index contributed by atoms with van der Waals surface area (Å²) in [5.74, 6) is 0.825. The predicted molar refractivity (Wildman–Crippen MR) is 129 cm³/mol. The molecule has 158 valence electrons. The molecular formula is C27H23N3OS. The molecule has 4 nitrogen and oxygen atoms in total. The molecule has 0 saturated carbocycles. The summed E-state index contributed by atoms with van der Waals surface area (Å²) in [6.07, 6.45) is 1.14. The van der Waals surface area contributed by atoms with Crippen molar-refractivity contribution in [2.45, 2.75) is 25.4 Å². The molecule has 0 N–H and O–H groups in total. The number of likely N-dealkylation sites (tertiary alicyclic amines) is 1. The average Bonchev–Trinajstić information content (AvgIpc) is 3.24. The first kappa shape index (κ1) is 19.5. The molecule has 2 unspecified atom stereocenters. The molecule has 2 atom stereocenters. The number of aromatic nitrogens is 1. The van der Waals surface area contributed by atoms with E-state index < -0.39 is 0 Å².